The first-order chi connectivity index (χ1) is 17.2. The minimum atomic E-state index is -0.0758. The molecule has 2 aromatic carbocycles. The molecule has 0 radical (unpaired) electrons. The van der Waals surface area contributed by atoms with Crippen molar-refractivity contribution in [3.8, 4) is 11.6 Å². The lowest BCUT2D eigenvalue weighted by Crippen LogP contribution is -2.47. The Hall–Kier alpha value is -3.56. The van der Waals surface area contributed by atoms with Crippen molar-refractivity contribution in [2.75, 3.05) is 44.8 Å². The summed E-state index contributed by atoms with van der Waals surface area (Å²) in [6.45, 7) is 4.17. The van der Waals surface area contributed by atoms with Crippen molar-refractivity contribution in [3.63, 3.8) is 0 Å². The van der Waals surface area contributed by atoms with E-state index in [1.807, 2.05) is 36.4 Å². The van der Waals surface area contributed by atoms with E-state index in [4.69, 9.17) is 9.47 Å². The average molecular weight is 490 g/mol. The summed E-state index contributed by atoms with van der Waals surface area (Å²) in [4.78, 5) is 11.0. The number of ether oxygens (including phenoxy) is 2. The van der Waals surface area contributed by atoms with Crippen LogP contribution in [0.4, 0.5) is 5.69 Å². The van der Waals surface area contributed by atoms with Gasteiger partial charge >= 0.3 is 0 Å². The van der Waals surface area contributed by atoms with Crippen LogP contribution in [-0.2, 0) is 4.74 Å². The molecule has 8 nitrogen and oxygen atoms in total. The van der Waals surface area contributed by atoms with Crippen LogP contribution in [0.15, 0.2) is 60.7 Å². The highest BCUT2D eigenvalue weighted by atomic mass is 32.1. The molecule has 0 spiro atoms. The second kappa shape index (κ2) is 9.24. The van der Waals surface area contributed by atoms with Gasteiger partial charge in [0.25, 0.3) is 0 Å². The van der Waals surface area contributed by atoms with Crippen LogP contribution in [0.5, 0.6) is 11.6 Å². The van der Waals surface area contributed by atoms with E-state index >= 15 is 0 Å². The maximum atomic E-state index is 11.2. The van der Waals surface area contributed by atoms with Gasteiger partial charge in [0, 0.05) is 38.3 Å². The molecule has 0 saturated carbocycles. The van der Waals surface area contributed by atoms with Crippen molar-refractivity contribution in [1.82, 2.24) is 19.5 Å². The molecule has 35 heavy (non-hydrogen) atoms. The van der Waals surface area contributed by atoms with Crippen LogP contribution < -0.4 is 9.64 Å². The SMILES string of the molecule is COc1ccc(N2CCN(C(c3ccccc3)c3sc4nc(C5=CCCO5)nn4c3O)CC2)cc1. The molecule has 1 saturated heterocycles. The molecule has 2 aliphatic heterocycles. The van der Waals surface area contributed by atoms with Crippen LogP contribution in [0.2, 0.25) is 0 Å². The van der Waals surface area contributed by atoms with Crippen LogP contribution in [-0.4, -0.2) is 64.5 Å². The minimum Gasteiger partial charge on any atom is -0.497 e. The lowest BCUT2D eigenvalue weighted by atomic mass is 10.0. The predicted octanol–water partition coefficient (Wildman–Crippen LogP) is 4.18. The second-order valence-electron chi connectivity index (χ2n) is 8.66. The number of aromatic hydroxyl groups is 1. The number of thiazole rings is 1. The molecule has 6 rings (SSSR count). The van der Waals surface area contributed by atoms with Crippen molar-refractivity contribution in [2.24, 2.45) is 0 Å². The van der Waals surface area contributed by atoms with Gasteiger partial charge in [-0.15, -0.1) is 5.10 Å². The largest absolute Gasteiger partial charge is 0.497 e. The summed E-state index contributed by atoms with van der Waals surface area (Å²) < 4.78 is 12.4. The Balaban J connectivity index is 1.28. The summed E-state index contributed by atoms with van der Waals surface area (Å²) in [5.41, 5.74) is 2.34. The molecular weight excluding hydrogens is 462 g/mol. The third kappa shape index (κ3) is 4.11. The highest BCUT2D eigenvalue weighted by molar-refractivity contribution is 7.17. The standard InChI is InChI=1S/C26H27N5O3S/c1-33-20-11-9-19(10-12-20)29-13-15-30(16-14-29)22(18-6-3-2-4-7-18)23-25(32)31-26(35-23)27-24(28-31)21-8-5-17-34-21/h2-4,6-12,22,32H,5,13-17H2,1H3. The Kier molecular flexibility index (Phi) is 5.79. The smallest absolute Gasteiger partial charge is 0.230 e. The summed E-state index contributed by atoms with van der Waals surface area (Å²) in [6, 6.07) is 18.5. The van der Waals surface area contributed by atoms with Gasteiger partial charge in [-0.25, -0.2) is 0 Å². The molecule has 0 amide bonds. The average Bonchev–Trinajstić information content (AvgIpc) is 3.65. The summed E-state index contributed by atoms with van der Waals surface area (Å²) in [7, 11) is 1.69. The van der Waals surface area contributed by atoms with Crippen LogP contribution in [0.1, 0.15) is 28.7 Å². The number of hydrogen-bond donors (Lipinski definition) is 1. The van der Waals surface area contributed by atoms with Crippen LogP contribution >= 0.6 is 11.3 Å². The van der Waals surface area contributed by atoms with Gasteiger partial charge in [0.2, 0.25) is 16.7 Å². The Bertz CT molecular complexity index is 1340. The fourth-order valence-corrected chi connectivity index (χ4v) is 5.92. The van der Waals surface area contributed by atoms with Gasteiger partial charge in [0.05, 0.1) is 24.6 Å². The third-order valence-electron chi connectivity index (χ3n) is 6.61. The van der Waals surface area contributed by atoms with Crippen LogP contribution in [0, 0.1) is 0 Å². The van der Waals surface area contributed by atoms with Crippen molar-refractivity contribution in [2.45, 2.75) is 12.5 Å². The molecule has 180 valence electrons. The van der Waals surface area contributed by atoms with Crippen molar-refractivity contribution in [3.05, 3.63) is 76.9 Å². The number of rotatable bonds is 6. The lowest BCUT2D eigenvalue weighted by Gasteiger charge is -2.40. The highest BCUT2D eigenvalue weighted by Gasteiger charge is 2.32. The molecule has 1 atom stereocenters. The number of methoxy groups -OCH3 is 1. The first-order valence-electron chi connectivity index (χ1n) is 11.8. The number of benzene rings is 2. The number of aromatic nitrogens is 3. The van der Waals surface area contributed by atoms with Gasteiger partial charge < -0.3 is 19.5 Å². The van der Waals surface area contributed by atoms with Gasteiger partial charge in [-0.3, -0.25) is 4.90 Å². The van der Waals surface area contributed by atoms with E-state index in [0.29, 0.717) is 23.2 Å². The molecule has 1 N–H and O–H groups in total. The molecule has 1 fully saturated rings. The molecule has 4 heterocycles. The molecule has 0 bridgehead atoms. The topological polar surface area (TPSA) is 75.4 Å². The fourth-order valence-electron chi connectivity index (χ4n) is 4.80. The Labute approximate surface area is 207 Å². The zero-order chi connectivity index (χ0) is 23.8. The summed E-state index contributed by atoms with van der Waals surface area (Å²) in [6.07, 6.45) is 2.85. The van der Waals surface area contributed by atoms with Crippen molar-refractivity contribution >= 4 is 27.7 Å². The molecule has 2 aliphatic rings. The van der Waals surface area contributed by atoms with E-state index in [0.717, 1.165) is 48.8 Å². The zero-order valence-corrected chi connectivity index (χ0v) is 20.3. The molecule has 1 unspecified atom stereocenters. The van der Waals surface area contributed by atoms with E-state index in [2.05, 4.69) is 44.1 Å². The second-order valence-corrected chi connectivity index (χ2v) is 9.67. The number of fused-ring (bicyclic) bond motifs is 1. The Morgan fingerprint density at radius 1 is 1.03 bits per heavy atom. The predicted molar refractivity (Wildman–Crippen MR) is 136 cm³/mol. The lowest BCUT2D eigenvalue weighted by molar-refractivity contribution is 0.211. The van der Waals surface area contributed by atoms with E-state index in [1.165, 1.54) is 17.0 Å². The number of piperazine rings is 1. The van der Waals surface area contributed by atoms with E-state index in [1.54, 1.807) is 11.6 Å². The summed E-state index contributed by atoms with van der Waals surface area (Å²) >= 11 is 1.49. The quantitative estimate of drug-likeness (QED) is 0.436. The normalized spacial score (nSPS) is 17.4. The Morgan fingerprint density at radius 2 is 1.80 bits per heavy atom. The number of hydrogen-bond acceptors (Lipinski definition) is 8. The summed E-state index contributed by atoms with van der Waals surface area (Å²) in [5.74, 6) is 2.23. The Morgan fingerprint density at radius 3 is 2.46 bits per heavy atom. The molecule has 4 aromatic rings. The molecule has 0 aliphatic carbocycles. The van der Waals surface area contributed by atoms with E-state index in [-0.39, 0.29) is 11.9 Å². The van der Waals surface area contributed by atoms with Crippen molar-refractivity contribution < 1.29 is 14.6 Å². The van der Waals surface area contributed by atoms with Crippen LogP contribution in [0.3, 0.4) is 0 Å². The van der Waals surface area contributed by atoms with Gasteiger partial charge in [-0.05, 0) is 35.9 Å². The fraction of sp³-hybridized carbons (Fsp3) is 0.308. The maximum absolute atomic E-state index is 11.2. The van der Waals surface area contributed by atoms with Crippen molar-refractivity contribution in [1.29, 1.82) is 0 Å². The van der Waals surface area contributed by atoms with E-state index < -0.39 is 0 Å². The number of anilines is 1. The highest BCUT2D eigenvalue weighted by Crippen LogP contribution is 2.41. The minimum absolute atomic E-state index is 0.0758. The van der Waals surface area contributed by atoms with E-state index in [9.17, 15) is 5.11 Å². The zero-order valence-electron chi connectivity index (χ0n) is 19.5. The molecule has 9 heteroatoms. The van der Waals surface area contributed by atoms with Crippen LogP contribution in [0.25, 0.3) is 10.7 Å². The number of nitrogens with zero attached hydrogens (tertiary/aromatic N) is 5. The third-order valence-corrected chi connectivity index (χ3v) is 7.68. The summed E-state index contributed by atoms with van der Waals surface area (Å²) in [5, 5.41) is 15.8. The van der Waals surface area contributed by atoms with Gasteiger partial charge in [0.1, 0.15) is 5.75 Å². The molecular formula is C26H27N5O3S. The maximum Gasteiger partial charge on any atom is 0.230 e. The van der Waals surface area contributed by atoms with Gasteiger partial charge in [-0.1, -0.05) is 41.7 Å². The van der Waals surface area contributed by atoms with Gasteiger partial charge in [0.15, 0.2) is 5.76 Å². The first kappa shape index (κ1) is 21.9. The van der Waals surface area contributed by atoms with Gasteiger partial charge in [-0.2, -0.15) is 9.50 Å². The first-order valence-corrected chi connectivity index (χ1v) is 12.6. The molecule has 2 aromatic heterocycles. The monoisotopic (exact) mass is 489 g/mol.